The third kappa shape index (κ3) is 3.08. The maximum atomic E-state index is 11.9. The minimum Gasteiger partial charge on any atom is -0.328 e. The molecular weight excluding hydrogens is 252 g/mol. The fourth-order valence-electron chi connectivity index (χ4n) is 1.53. The normalized spacial score (nSPS) is 10.8. The molecule has 96 valence electrons. The molecule has 1 amide bonds. The Morgan fingerprint density at radius 1 is 1.44 bits per heavy atom. The van der Waals surface area contributed by atoms with E-state index in [-0.39, 0.29) is 22.9 Å². The van der Waals surface area contributed by atoms with Gasteiger partial charge in [-0.05, 0) is 24.6 Å². The minimum absolute atomic E-state index is 0.0408. The summed E-state index contributed by atoms with van der Waals surface area (Å²) < 4.78 is 23.1. The summed E-state index contributed by atoms with van der Waals surface area (Å²) in [7, 11) is -1.87. The molecule has 0 saturated heterocycles. The number of benzene rings is 1. The number of sulfone groups is 1. The molecule has 0 atom stereocenters. The van der Waals surface area contributed by atoms with Crippen LogP contribution in [0.15, 0.2) is 23.1 Å². The standard InChI is InChI=1S/C12H14N2O3S/c1-9-4-5-10(8-11(9)18(3,16)17)12(15)14(2)7-6-13/h4-5,8H,7H2,1-3H3. The monoisotopic (exact) mass is 266 g/mol. The smallest absolute Gasteiger partial charge is 0.254 e. The van der Waals surface area contributed by atoms with Crippen molar-refractivity contribution in [3.63, 3.8) is 0 Å². The molecule has 0 spiro atoms. The van der Waals surface area contributed by atoms with Gasteiger partial charge in [0.2, 0.25) is 0 Å². The first kappa shape index (κ1) is 14.2. The molecule has 0 radical (unpaired) electrons. The molecule has 1 rings (SSSR count). The first-order chi connectivity index (χ1) is 8.27. The van der Waals surface area contributed by atoms with Crippen molar-refractivity contribution in [3.05, 3.63) is 29.3 Å². The second-order valence-corrected chi connectivity index (χ2v) is 6.06. The third-order valence-electron chi connectivity index (χ3n) is 2.49. The van der Waals surface area contributed by atoms with Gasteiger partial charge in [-0.3, -0.25) is 4.79 Å². The van der Waals surface area contributed by atoms with Gasteiger partial charge in [0.15, 0.2) is 9.84 Å². The quantitative estimate of drug-likeness (QED) is 0.764. The van der Waals surface area contributed by atoms with Crippen LogP contribution in [0, 0.1) is 18.3 Å². The summed E-state index contributed by atoms with van der Waals surface area (Å²) in [6.07, 6.45) is 1.10. The maximum absolute atomic E-state index is 11.9. The molecule has 18 heavy (non-hydrogen) atoms. The number of carbonyl (C=O) groups is 1. The fourth-order valence-corrected chi connectivity index (χ4v) is 2.52. The summed E-state index contributed by atoms with van der Waals surface area (Å²) in [4.78, 5) is 13.3. The van der Waals surface area contributed by atoms with Crippen LogP contribution in [0.3, 0.4) is 0 Å². The molecule has 1 aromatic carbocycles. The van der Waals surface area contributed by atoms with E-state index in [1.165, 1.54) is 18.0 Å². The fraction of sp³-hybridized carbons (Fsp3) is 0.333. The van der Waals surface area contributed by atoms with Crippen molar-refractivity contribution < 1.29 is 13.2 Å². The second-order valence-electron chi connectivity index (χ2n) is 4.07. The molecule has 0 aliphatic heterocycles. The van der Waals surface area contributed by atoms with E-state index in [0.717, 1.165) is 6.26 Å². The molecule has 1 aromatic rings. The number of rotatable bonds is 3. The molecule has 0 aliphatic carbocycles. The topological polar surface area (TPSA) is 78.2 Å². The van der Waals surface area contributed by atoms with Gasteiger partial charge in [-0.1, -0.05) is 6.07 Å². The van der Waals surface area contributed by atoms with Crippen molar-refractivity contribution in [1.82, 2.24) is 4.90 Å². The lowest BCUT2D eigenvalue weighted by molar-refractivity contribution is 0.0811. The van der Waals surface area contributed by atoms with Crippen molar-refractivity contribution in [1.29, 1.82) is 5.26 Å². The molecule has 0 aliphatic rings. The van der Waals surface area contributed by atoms with Crippen LogP contribution in [0.4, 0.5) is 0 Å². The van der Waals surface area contributed by atoms with Crippen LogP contribution in [0.25, 0.3) is 0 Å². The van der Waals surface area contributed by atoms with Gasteiger partial charge in [0, 0.05) is 18.9 Å². The van der Waals surface area contributed by atoms with Gasteiger partial charge in [0.1, 0.15) is 6.54 Å². The van der Waals surface area contributed by atoms with E-state index in [4.69, 9.17) is 5.26 Å². The predicted octanol–water partition coefficient (Wildman–Crippen LogP) is 0.994. The zero-order valence-electron chi connectivity index (χ0n) is 10.5. The number of amides is 1. The van der Waals surface area contributed by atoms with Gasteiger partial charge in [-0.2, -0.15) is 5.26 Å². The number of hydrogen-bond acceptors (Lipinski definition) is 4. The SMILES string of the molecule is Cc1ccc(C(=O)N(C)CC#N)cc1S(C)(=O)=O. The molecule has 0 N–H and O–H groups in total. The van der Waals surface area contributed by atoms with Crippen LogP contribution in [0.1, 0.15) is 15.9 Å². The summed E-state index contributed by atoms with van der Waals surface area (Å²) in [5.74, 6) is -0.374. The Morgan fingerprint density at radius 2 is 2.06 bits per heavy atom. The minimum atomic E-state index is -3.36. The zero-order chi connectivity index (χ0) is 13.9. The molecule has 0 heterocycles. The predicted molar refractivity (Wildman–Crippen MR) is 66.9 cm³/mol. The van der Waals surface area contributed by atoms with E-state index < -0.39 is 9.84 Å². The first-order valence-corrected chi connectivity index (χ1v) is 7.09. The highest BCUT2D eigenvalue weighted by Crippen LogP contribution is 2.17. The second kappa shape index (κ2) is 5.19. The van der Waals surface area contributed by atoms with Gasteiger partial charge < -0.3 is 4.90 Å². The van der Waals surface area contributed by atoms with Crippen LogP contribution in [0.5, 0.6) is 0 Å². The van der Waals surface area contributed by atoms with E-state index in [1.807, 2.05) is 6.07 Å². The lowest BCUT2D eigenvalue weighted by atomic mass is 10.1. The Hall–Kier alpha value is -1.87. The first-order valence-electron chi connectivity index (χ1n) is 5.20. The highest BCUT2D eigenvalue weighted by Gasteiger charge is 2.16. The van der Waals surface area contributed by atoms with Crippen molar-refractivity contribution in [3.8, 4) is 6.07 Å². The zero-order valence-corrected chi connectivity index (χ0v) is 11.3. The highest BCUT2D eigenvalue weighted by molar-refractivity contribution is 7.90. The highest BCUT2D eigenvalue weighted by atomic mass is 32.2. The Labute approximate surface area is 107 Å². The third-order valence-corrected chi connectivity index (χ3v) is 3.73. The molecule has 6 heteroatoms. The number of carbonyl (C=O) groups excluding carboxylic acids is 1. The Balaban J connectivity index is 3.22. The van der Waals surface area contributed by atoms with Crippen molar-refractivity contribution in [2.75, 3.05) is 19.8 Å². The maximum Gasteiger partial charge on any atom is 0.254 e. The summed E-state index contributed by atoms with van der Waals surface area (Å²) in [5, 5.41) is 8.52. The molecule has 0 aromatic heterocycles. The Morgan fingerprint density at radius 3 is 2.56 bits per heavy atom. The average molecular weight is 266 g/mol. The van der Waals surface area contributed by atoms with E-state index >= 15 is 0 Å². The number of nitriles is 1. The largest absolute Gasteiger partial charge is 0.328 e. The molecular formula is C12H14N2O3S. The molecule has 0 unspecified atom stereocenters. The Bertz CT molecular complexity index is 615. The van der Waals surface area contributed by atoms with E-state index in [2.05, 4.69) is 0 Å². The van der Waals surface area contributed by atoms with Crippen LogP contribution < -0.4 is 0 Å². The van der Waals surface area contributed by atoms with Crippen molar-refractivity contribution >= 4 is 15.7 Å². The van der Waals surface area contributed by atoms with Crippen LogP contribution >= 0.6 is 0 Å². The van der Waals surface area contributed by atoms with Gasteiger partial charge in [-0.25, -0.2) is 8.42 Å². The Kier molecular flexibility index (Phi) is 4.09. The lowest BCUT2D eigenvalue weighted by Crippen LogP contribution is -2.27. The summed E-state index contributed by atoms with van der Waals surface area (Å²) in [6.45, 7) is 1.63. The van der Waals surface area contributed by atoms with Gasteiger partial charge >= 0.3 is 0 Å². The number of aryl methyl sites for hydroxylation is 1. The molecule has 0 fully saturated rings. The van der Waals surface area contributed by atoms with E-state index in [1.54, 1.807) is 19.1 Å². The molecule has 0 saturated carbocycles. The van der Waals surface area contributed by atoms with Crippen LogP contribution in [0.2, 0.25) is 0 Å². The average Bonchev–Trinajstić information content (AvgIpc) is 2.27. The lowest BCUT2D eigenvalue weighted by Gasteiger charge is -2.14. The molecule has 0 bridgehead atoms. The van der Waals surface area contributed by atoms with E-state index in [0.29, 0.717) is 5.56 Å². The van der Waals surface area contributed by atoms with E-state index in [9.17, 15) is 13.2 Å². The van der Waals surface area contributed by atoms with Gasteiger partial charge in [0.05, 0.1) is 11.0 Å². The van der Waals surface area contributed by atoms with Crippen molar-refractivity contribution in [2.24, 2.45) is 0 Å². The van der Waals surface area contributed by atoms with Crippen LogP contribution in [-0.2, 0) is 9.84 Å². The van der Waals surface area contributed by atoms with Crippen LogP contribution in [-0.4, -0.2) is 39.1 Å². The summed E-state index contributed by atoms with van der Waals surface area (Å²) in [6, 6.07) is 6.35. The number of hydrogen-bond donors (Lipinski definition) is 0. The van der Waals surface area contributed by atoms with Gasteiger partial charge in [0.25, 0.3) is 5.91 Å². The van der Waals surface area contributed by atoms with Crippen molar-refractivity contribution in [2.45, 2.75) is 11.8 Å². The summed E-state index contributed by atoms with van der Waals surface area (Å²) >= 11 is 0. The summed E-state index contributed by atoms with van der Waals surface area (Å²) in [5.41, 5.74) is 0.857. The van der Waals surface area contributed by atoms with Gasteiger partial charge in [-0.15, -0.1) is 0 Å². The number of nitrogens with zero attached hydrogens (tertiary/aromatic N) is 2. The molecule has 5 nitrogen and oxygen atoms in total.